The van der Waals surface area contributed by atoms with E-state index in [1.54, 1.807) is 0 Å². The lowest BCUT2D eigenvalue weighted by Crippen LogP contribution is -2.16. The van der Waals surface area contributed by atoms with E-state index in [1.807, 2.05) is 0 Å². The number of epoxide rings is 2. The molecule has 3 fully saturated rings. The van der Waals surface area contributed by atoms with Gasteiger partial charge in [0.25, 0.3) is 0 Å². The molecule has 0 aromatic rings. The molecule has 1 aliphatic carbocycles. The first kappa shape index (κ1) is 11.9. The van der Waals surface area contributed by atoms with Gasteiger partial charge in [0, 0.05) is 6.61 Å². The molecule has 3 heteroatoms. The van der Waals surface area contributed by atoms with Crippen molar-refractivity contribution in [1.29, 1.82) is 0 Å². The molecule has 2 saturated heterocycles. The molecular weight excluding hydrogens is 216 g/mol. The molecule has 2 heterocycles. The lowest BCUT2D eigenvalue weighted by molar-refractivity contribution is 0.0923. The summed E-state index contributed by atoms with van der Waals surface area (Å²) in [5.41, 5.74) is 0. The third-order valence-corrected chi connectivity index (χ3v) is 4.16. The molecule has 0 amide bonds. The Labute approximate surface area is 104 Å². The number of hydrogen-bond acceptors (Lipinski definition) is 3. The number of ether oxygens (including phenoxy) is 3. The second-order valence-corrected chi connectivity index (χ2v) is 5.83. The lowest BCUT2D eigenvalue weighted by Gasteiger charge is -2.20. The highest BCUT2D eigenvalue weighted by Crippen LogP contribution is 2.41. The number of fused-ring (bicyclic) bond motifs is 1. The Morgan fingerprint density at radius 1 is 1.29 bits per heavy atom. The zero-order valence-corrected chi connectivity index (χ0v) is 10.5. The zero-order valence-electron chi connectivity index (χ0n) is 10.5. The number of hydrogen-bond donors (Lipinski definition) is 0. The number of rotatable bonds is 7. The minimum absolute atomic E-state index is 0.379. The Balaban J connectivity index is 1.24. The third kappa shape index (κ3) is 3.67. The van der Waals surface area contributed by atoms with Crippen molar-refractivity contribution in [2.75, 3.05) is 19.8 Å². The van der Waals surface area contributed by atoms with Crippen molar-refractivity contribution < 1.29 is 14.2 Å². The summed E-state index contributed by atoms with van der Waals surface area (Å²) in [5, 5.41) is 0. The second-order valence-electron chi connectivity index (χ2n) is 5.83. The predicted molar refractivity (Wildman–Crippen MR) is 64.6 cm³/mol. The van der Waals surface area contributed by atoms with E-state index in [0.717, 1.165) is 25.7 Å². The van der Waals surface area contributed by atoms with Crippen LogP contribution in [0.2, 0.25) is 0 Å². The fraction of sp³-hybridized carbons (Fsp3) is 0.929. The van der Waals surface area contributed by atoms with E-state index in [0.29, 0.717) is 24.2 Å². The van der Waals surface area contributed by atoms with Crippen LogP contribution >= 0.6 is 0 Å². The molecule has 3 aliphatic rings. The lowest BCUT2D eigenvalue weighted by atomic mass is 9.84. The summed E-state index contributed by atoms with van der Waals surface area (Å²) in [5.74, 6) is 1.31. The van der Waals surface area contributed by atoms with Gasteiger partial charge in [-0.1, -0.05) is 6.42 Å². The van der Waals surface area contributed by atoms with Gasteiger partial charge in [-0.3, -0.25) is 0 Å². The smallest absolute Gasteiger partial charge is 0.104 e. The molecule has 5 unspecified atom stereocenters. The summed E-state index contributed by atoms with van der Waals surface area (Å²) < 4.78 is 16.2. The Kier molecular flexibility index (Phi) is 3.69. The fourth-order valence-electron chi connectivity index (χ4n) is 2.83. The summed E-state index contributed by atoms with van der Waals surface area (Å²) in [7, 11) is 0. The molecule has 1 radical (unpaired) electrons. The highest BCUT2D eigenvalue weighted by Gasteiger charge is 2.43. The quantitative estimate of drug-likeness (QED) is 0.639. The van der Waals surface area contributed by atoms with Crippen LogP contribution in [0.1, 0.15) is 32.1 Å². The Hall–Kier alpha value is -0.120. The van der Waals surface area contributed by atoms with Crippen LogP contribution in [-0.4, -0.2) is 38.1 Å². The van der Waals surface area contributed by atoms with E-state index >= 15 is 0 Å². The first-order valence-electron chi connectivity index (χ1n) is 6.99. The van der Waals surface area contributed by atoms with E-state index < -0.39 is 0 Å². The monoisotopic (exact) mass is 239 g/mol. The maximum absolute atomic E-state index is 5.58. The van der Waals surface area contributed by atoms with Gasteiger partial charge in [0.2, 0.25) is 0 Å². The molecule has 17 heavy (non-hydrogen) atoms. The SMILES string of the molecule is [CH2]C(CCC1CCC2OC2C1)COCC1CO1. The van der Waals surface area contributed by atoms with E-state index in [9.17, 15) is 0 Å². The molecule has 2 aliphatic heterocycles. The zero-order chi connectivity index (χ0) is 11.7. The van der Waals surface area contributed by atoms with Gasteiger partial charge < -0.3 is 14.2 Å². The van der Waals surface area contributed by atoms with Crippen LogP contribution in [0.15, 0.2) is 0 Å². The summed E-state index contributed by atoms with van der Waals surface area (Å²) in [4.78, 5) is 0. The van der Waals surface area contributed by atoms with Crippen LogP contribution in [0, 0.1) is 18.8 Å². The van der Waals surface area contributed by atoms with Crippen LogP contribution in [0.3, 0.4) is 0 Å². The summed E-state index contributed by atoms with van der Waals surface area (Å²) in [6.07, 6.45) is 8.02. The van der Waals surface area contributed by atoms with Crippen molar-refractivity contribution in [2.45, 2.75) is 50.4 Å². The highest BCUT2D eigenvalue weighted by molar-refractivity contribution is 4.91. The van der Waals surface area contributed by atoms with Gasteiger partial charge in [-0.25, -0.2) is 0 Å². The van der Waals surface area contributed by atoms with Crippen LogP contribution in [0.5, 0.6) is 0 Å². The summed E-state index contributed by atoms with van der Waals surface area (Å²) >= 11 is 0. The molecular formula is C14H23O3. The van der Waals surface area contributed by atoms with Gasteiger partial charge in [-0.05, 0) is 44.4 Å². The minimum Gasteiger partial charge on any atom is -0.378 e. The standard InChI is InChI=1S/C14H23O3/c1-10(7-15-8-12-9-16-12)2-3-11-4-5-13-14(6-11)17-13/h10-14H,1-9H2. The second kappa shape index (κ2) is 5.25. The van der Waals surface area contributed by atoms with E-state index in [2.05, 4.69) is 6.92 Å². The molecule has 0 aromatic heterocycles. The van der Waals surface area contributed by atoms with Gasteiger partial charge >= 0.3 is 0 Å². The van der Waals surface area contributed by atoms with E-state index in [4.69, 9.17) is 14.2 Å². The molecule has 97 valence electrons. The largest absolute Gasteiger partial charge is 0.378 e. The van der Waals surface area contributed by atoms with Crippen LogP contribution < -0.4 is 0 Å². The van der Waals surface area contributed by atoms with Gasteiger partial charge in [0.1, 0.15) is 6.10 Å². The fourth-order valence-corrected chi connectivity index (χ4v) is 2.83. The predicted octanol–water partition coefficient (Wildman–Crippen LogP) is 2.20. The molecule has 5 atom stereocenters. The molecule has 3 nitrogen and oxygen atoms in total. The van der Waals surface area contributed by atoms with Crippen LogP contribution in [0.25, 0.3) is 0 Å². The average Bonchev–Trinajstić information content (AvgIpc) is 3.20. The van der Waals surface area contributed by atoms with E-state index in [1.165, 1.54) is 32.1 Å². The maximum atomic E-state index is 5.58. The van der Waals surface area contributed by atoms with Crippen molar-refractivity contribution in [2.24, 2.45) is 11.8 Å². The Morgan fingerprint density at radius 2 is 2.18 bits per heavy atom. The molecule has 0 aromatic carbocycles. The maximum Gasteiger partial charge on any atom is 0.104 e. The Morgan fingerprint density at radius 3 is 2.94 bits per heavy atom. The normalized spacial score (nSPS) is 40.8. The van der Waals surface area contributed by atoms with Crippen LogP contribution in [0.4, 0.5) is 0 Å². The topological polar surface area (TPSA) is 34.3 Å². The van der Waals surface area contributed by atoms with E-state index in [-0.39, 0.29) is 0 Å². The van der Waals surface area contributed by atoms with Crippen molar-refractivity contribution in [1.82, 2.24) is 0 Å². The van der Waals surface area contributed by atoms with Crippen molar-refractivity contribution in [3.8, 4) is 0 Å². The van der Waals surface area contributed by atoms with Gasteiger partial charge in [-0.2, -0.15) is 0 Å². The molecule has 0 spiro atoms. The first-order chi connectivity index (χ1) is 8.31. The molecule has 0 N–H and O–H groups in total. The minimum atomic E-state index is 0.379. The molecule has 0 bridgehead atoms. The van der Waals surface area contributed by atoms with Gasteiger partial charge in [0.15, 0.2) is 0 Å². The van der Waals surface area contributed by atoms with Gasteiger partial charge in [-0.15, -0.1) is 0 Å². The van der Waals surface area contributed by atoms with Crippen molar-refractivity contribution in [3.05, 3.63) is 6.92 Å². The first-order valence-corrected chi connectivity index (χ1v) is 6.99. The molecule has 1 saturated carbocycles. The Bertz CT molecular complexity index is 252. The summed E-state index contributed by atoms with van der Waals surface area (Å²) in [6, 6.07) is 0. The molecule has 3 rings (SSSR count). The van der Waals surface area contributed by atoms with Gasteiger partial charge in [0.05, 0.1) is 25.4 Å². The average molecular weight is 239 g/mol. The van der Waals surface area contributed by atoms with Crippen LogP contribution in [-0.2, 0) is 14.2 Å². The third-order valence-electron chi connectivity index (χ3n) is 4.16. The van der Waals surface area contributed by atoms with Crippen molar-refractivity contribution in [3.63, 3.8) is 0 Å². The highest BCUT2D eigenvalue weighted by atomic mass is 16.6. The summed E-state index contributed by atoms with van der Waals surface area (Å²) in [6.45, 7) is 6.60. The van der Waals surface area contributed by atoms with Crippen molar-refractivity contribution >= 4 is 0 Å².